The van der Waals surface area contributed by atoms with Crippen LogP contribution < -0.4 is 10.2 Å². The van der Waals surface area contributed by atoms with Crippen molar-refractivity contribution in [2.45, 2.75) is 32.6 Å². The Kier molecular flexibility index (Phi) is 7.38. The number of anilines is 1. The third kappa shape index (κ3) is 4.96. The van der Waals surface area contributed by atoms with Crippen molar-refractivity contribution in [1.82, 2.24) is 5.32 Å². The van der Waals surface area contributed by atoms with Gasteiger partial charge in [0.2, 0.25) is 5.91 Å². The zero-order valence-corrected chi connectivity index (χ0v) is 18.5. The normalized spacial score (nSPS) is 17.3. The molecule has 1 fully saturated rings. The lowest BCUT2D eigenvalue weighted by atomic mass is 9.87. The van der Waals surface area contributed by atoms with Gasteiger partial charge in [0.25, 0.3) is 0 Å². The fourth-order valence-electron chi connectivity index (χ4n) is 4.13. The number of methoxy groups -OCH3 is 1. The lowest BCUT2D eigenvalue weighted by molar-refractivity contribution is -0.121. The van der Waals surface area contributed by atoms with Gasteiger partial charge in [-0.05, 0) is 67.1 Å². The lowest BCUT2D eigenvalue weighted by Gasteiger charge is -2.35. The summed E-state index contributed by atoms with van der Waals surface area (Å²) >= 11 is 6.37. The Balaban J connectivity index is 2.07. The maximum Gasteiger partial charge on any atom is 0.337 e. The molecule has 6 heteroatoms. The first-order valence-electron chi connectivity index (χ1n) is 10.4. The molecule has 0 saturated carbocycles. The third-order valence-corrected chi connectivity index (χ3v) is 5.81. The van der Waals surface area contributed by atoms with E-state index in [9.17, 15) is 9.59 Å². The first-order chi connectivity index (χ1) is 14.4. The summed E-state index contributed by atoms with van der Waals surface area (Å²) in [5.74, 6) is -0.411. The quantitative estimate of drug-likeness (QED) is 0.681. The maximum absolute atomic E-state index is 13.2. The maximum atomic E-state index is 13.2. The van der Waals surface area contributed by atoms with Crippen LogP contribution in [0.1, 0.15) is 54.1 Å². The van der Waals surface area contributed by atoms with E-state index in [0.717, 1.165) is 36.3 Å². The molecule has 30 heavy (non-hydrogen) atoms. The summed E-state index contributed by atoms with van der Waals surface area (Å²) in [7, 11) is 1.35. The summed E-state index contributed by atoms with van der Waals surface area (Å²) in [6.07, 6.45) is 2.34. The Bertz CT molecular complexity index is 898. The van der Waals surface area contributed by atoms with Gasteiger partial charge >= 0.3 is 5.97 Å². The van der Waals surface area contributed by atoms with Crippen LogP contribution in [0.25, 0.3) is 0 Å². The van der Waals surface area contributed by atoms with E-state index in [4.69, 9.17) is 16.3 Å². The number of hydrogen-bond acceptors (Lipinski definition) is 4. The molecule has 5 nitrogen and oxygen atoms in total. The summed E-state index contributed by atoms with van der Waals surface area (Å²) in [6.45, 7) is 6.61. The Hall–Kier alpha value is -2.53. The van der Waals surface area contributed by atoms with Crippen molar-refractivity contribution < 1.29 is 14.3 Å². The zero-order valence-electron chi connectivity index (χ0n) is 17.8. The van der Waals surface area contributed by atoms with Crippen molar-refractivity contribution >= 4 is 29.2 Å². The van der Waals surface area contributed by atoms with Crippen LogP contribution in [0.2, 0.25) is 5.02 Å². The fourth-order valence-corrected chi connectivity index (χ4v) is 4.31. The van der Waals surface area contributed by atoms with Crippen LogP contribution in [0.4, 0.5) is 5.69 Å². The summed E-state index contributed by atoms with van der Waals surface area (Å²) in [5.41, 5.74) is 3.18. The van der Waals surface area contributed by atoms with Crippen LogP contribution in [0.5, 0.6) is 0 Å². The van der Waals surface area contributed by atoms with Gasteiger partial charge in [0.15, 0.2) is 0 Å². The van der Waals surface area contributed by atoms with E-state index in [-0.39, 0.29) is 5.91 Å². The number of benzene rings is 2. The van der Waals surface area contributed by atoms with Crippen LogP contribution in [-0.4, -0.2) is 38.6 Å². The number of rotatable bonds is 6. The van der Waals surface area contributed by atoms with Gasteiger partial charge in [-0.1, -0.05) is 30.7 Å². The number of ether oxygens (including phenoxy) is 1. The van der Waals surface area contributed by atoms with E-state index in [0.29, 0.717) is 23.0 Å². The average molecular weight is 429 g/mol. The minimum Gasteiger partial charge on any atom is -0.465 e. The second-order valence-corrected chi connectivity index (χ2v) is 8.27. The molecule has 2 aromatic rings. The molecule has 1 saturated heterocycles. The molecule has 1 aliphatic rings. The highest BCUT2D eigenvalue weighted by atomic mass is 35.5. The molecule has 2 aromatic carbocycles. The monoisotopic (exact) mass is 428 g/mol. The molecule has 2 atom stereocenters. The van der Waals surface area contributed by atoms with Gasteiger partial charge in [-0.15, -0.1) is 0 Å². The van der Waals surface area contributed by atoms with Crippen molar-refractivity contribution in [2.24, 2.45) is 5.92 Å². The molecule has 3 rings (SSSR count). The second kappa shape index (κ2) is 9.98. The molecule has 0 aromatic heterocycles. The van der Waals surface area contributed by atoms with Crippen molar-refractivity contribution in [3.63, 3.8) is 0 Å². The van der Waals surface area contributed by atoms with Crippen LogP contribution in [0.3, 0.4) is 0 Å². The minimum atomic E-state index is -0.525. The van der Waals surface area contributed by atoms with Crippen LogP contribution in [0.15, 0.2) is 42.5 Å². The molecule has 0 spiro atoms. The molecule has 1 heterocycles. The van der Waals surface area contributed by atoms with Crippen molar-refractivity contribution in [3.05, 3.63) is 64.2 Å². The van der Waals surface area contributed by atoms with E-state index in [1.54, 1.807) is 12.1 Å². The molecule has 0 aliphatic carbocycles. The predicted molar refractivity (Wildman–Crippen MR) is 120 cm³/mol. The molecule has 2 unspecified atom stereocenters. The van der Waals surface area contributed by atoms with Gasteiger partial charge in [0, 0.05) is 30.3 Å². The molecular formula is C24H29ClN2O3. The standard InChI is InChI=1S/C24H29ClN2O3/c1-4-26-23(28)22(17-7-9-18(10-8-17)24(29)30-3)20-14-19(25)11-12-21(20)27-13-5-6-16(2)15-27/h7-12,14,16,22H,4-6,13,15H2,1-3H3,(H,26,28). The molecule has 1 N–H and O–H groups in total. The number of carbonyl (C=O) groups is 2. The fraction of sp³-hybridized carbons (Fsp3) is 0.417. The van der Waals surface area contributed by atoms with Crippen molar-refractivity contribution in [1.29, 1.82) is 0 Å². The number of nitrogens with one attached hydrogen (secondary N) is 1. The summed E-state index contributed by atoms with van der Waals surface area (Å²) in [4.78, 5) is 27.3. The van der Waals surface area contributed by atoms with Crippen molar-refractivity contribution in [2.75, 3.05) is 31.6 Å². The smallest absolute Gasteiger partial charge is 0.337 e. The first kappa shape index (κ1) is 22.2. The lowest BCUT2D eigenvalue weighted by Crippen LogP contribution is -2.36. The van der Waals surface area contributed by atoms with Crippen LogP contribution in [-0.2, 0) is 9.53 Å². The Labute approximate surface area is 183 Å². The minimum absolute atomic E-state index is 0.0862. The largest absolute Gasteiger partial charge is 0.465 e. The van der Waals surface area contributed by atoms with Crippen molar-refractivity contribution in [3.8, 4) is 0 Å². The molecule has 0 bridgehead atoms. The summed E-state index contributed by atoms with van der Waals surface area (Å²) in [6, 6.07) is 12.8. The Morgan fingerprint density at radius 1 is 1.23 bits per heavy atom. The van der Waals surface area contributed by atoms with E-state index in [1.165, 1.54) is 13.5 Å². The van der Waals surface area contributed by atoms with E-state index >= 15 is 0 Å². The SMILES string of the molecule is CCNC(=O)C(c1ccc(C(=O)OC)cc1)c1cc(Cl)ccc1N1CCCC(C)C1. The van der Waals surface area contributed by atoms with Gasteiger partial charge in [-0.2, -0.15) is 0 Å². The van der Waals surface area contributed by atoms with Gasteiger partial charge < -0.3 is 15.0 Å². The van der Waals surface area contributed by atoms with E-state index in [2.05, 4.69) is 17.1 Å². The highest BCUT2D eigenvalue weighted by Crippen LogP contribution is 2.37. The molecule has 1 amide bonds. The van der Waals surface area contributed by atoms with Crippen LogP contribution in [0, 0.1) is 5.92 Å². The Morgan fingerprint density at radius 3 is 2.60 bits per heavy atom. The molecule has 160 valence electrons. The van der Waals surface area contributed by atoms with Gasteiger partial charge in [0.05, 0.1) is 18.6 Å². The van der Waals surface area contributed by atoms with Crippen LogP contribution >= 0.6 is 11.6 Å². The number of halogens is 1. The number of piperidine rings is 1. The Morgan fingerprint density at radius 2 is 1.97 bits per heavy atom. The molecule has 0 radical (unpaired) electrons. The zero-order chi connectivity index (χ0) is 21.7. The molecule has 1 aliphatic heterocycles. The van der Waals surface area contributed by atoms with Gasteiger partial charge in [-0.25, -0.2) is 4.79 Å². The number of esters is 1. The average Bonchev–Trinajstić information content (AvgIpc) is 2.74. The van der Waals surface area contributed by atoms with E-state index < -0.39 is 11.9 Å². The summed E-state index contributed by atoms with van der Waals surface area (Å²) < 4.78 is 4.79. The van der Waals surface area contributed by atoms with E-state index in [1.807, 2.05) is 37.3 Å². The highest BCUT2D eigenvalue weighted by molar-refractivity contribution is 6.30. The number of carbonyl (C=O) groups excluding carboxylic acids is 2. The first-order valence-corrected chi connectivity index (χ1v) is 10.8. The number of hydrogen-bond donors (Lipinski definition) is 1. The van der Waals surface area contributed by atoms with Gasteiger partial charge in [-0.3, -0.25) is 4.79 Å². The number of likely N-dealkylation sites (N-methyl/N-ethyl adjacent to an activating group) is 1. The third-order valence-electron chi connectivity index (χ3n) is 5.58. The summed E-state index contributed by atoms with van der Waals surface area (Å²) in [5, 5.41) is 3.55. The number of nitrogens with zero attached hydrogens (tertiary/aromatic N) is 1. The predicted octanol–water partition coefficient (Wildman–Crippen LogP) is 4.63. The number of amides is 1. The molecular weight excluding hydrogens is 400 g/mol. The van der Waals surface area contributed by atoms with Gasteiger partial charge in [0.1, 0.15) is 0 Å². The second-order valence-electron chi connectivity index (χ2n) is 7.84. The topological polar surface area (TPSA) is 58.6 Å². The highest BCUT2D eigenvalue weighted by Gasteiger charge is 2.28.